The minimum Gasteiger partial charge on any atom is -0.507 e. The van der Waals surface area contributed by atoms with Crippen LogP contribution in [0.2, 0.25) is 0 Å². The zero-order valence-electron chi connectivity index (χ0n) is 16.5. The molecule has 3 nitrogen and oxygen atoms in total. The molecule has 0 radical (unpaired) electrons. The minimum atomic E-state index is -0.494. The van der Waals surface area contributed by atoms with Gasteiger partial charge in [-0.2, -0.15) is 0 Å². The first-order chi connectivity index (χ1) is 12.0. The molecule has 0 spiro atoms. The van der Waals surface area contributed by atoms with Crippen LogP contribution in [0.1, 0.15) is 61.4 Å². The molecule has 3 heteroatoms. The van der Waals surface area contributed by atoms with Crippen LogP contribution < -0.4 is 4.74 Å². The number of phenols is 1. The van der Waals surface area contributed by atoms with Crippen LogP contribution >= 0.6 is 0 Å². The Labute approximate surface area is 156 Å². The Morgan fingerprint density at radius 3 is 2.31 bits per heavy atom. The summed E-state index contributed by atoms with van der Waals surface area (Å²) in [5, 5.41) is 10.9. The maximum absolute atomic E-state index is 11.7. The highest BCUT2D eigenvalue weighted by Gasteiger charge is 2.25. The van der Waals surface area contributed by atoms with Gasteiger partial charge in [0.25, 0.3) is 0 Å². The Hall–Kier alpha value is -2.55. The monoisotopic (exact) mass is 352 g/mol. The number of rotatable bonds is 4. The average Bonchev–Trinajstić information content (AvgIpc) is 2.56. The molecular formula is C23H28O3. The molecule has 0 bridgehead atoms. The van der Waals surface area contributed by atoms with E-state index >= 15 is 0 Å². The van der Waals surface area contributed by atoms with Gasteiger partial charge in [0, 0.05) is 23.1 Å². The highest BCUT2D eigenvalue weighted by atomic mass is 16.5. The molecule has 2 aromatic carbocycles. The number of phenolic OH excluding ortho intramolecular Hbond substituents is 1. The van der Waals surface area contributed by atoms with Crippen LogP contribution in [0.4, 0.5) is 0 Å². The maximum atomic E-state index is 11.7. The van der Waals surface area contributed by atoms with Crippen molar-refractivity contribution in [2.45, 2.75) is 52.9 Å². The Kier molecular flexibility index (Phi) is 5.60. The summed E-state index contributed by atoms with van der Waals surface area (Å²) in [4.78, 5) is 11.7. The van der Waals surface area contributed by atoms with Crippen molar-refractivity contribution in [1.82, 2.24) is 0 Å². The van der Waals surface area contributed by atoms with Crippen LogP contribution in [0.15, 0.2) is 43.0 Å². The fraction of sp³-hybridized carbons (Fsp3) is 0.348. The summed E-state index contributed by atoms with van der Waals surface area (Å²) in [5.74, 6) is 0.166. The molecule has 1 unspecified atom stereocenters. The average molecular weight is 352 g/mol. The van der Waals surface area contributed by atoms with E-state index in [1.807, 2.05) is 45.0 Å². The number of hydrogen-bond donors (Lipinski definition) is 1. The third kappa shape index (κ3) is 4.16. The molecule has 0 saturated carbocycles. The molecule has 0 aliphatic heterocycles. The first-order valence-corrected chi connectivity index (χ1v) is 8.83. The zero-order valence-corrected chi connectivity index (χ0v) is 16.5. The van der Waals surface area contributed by atoms with Crippen LogP contribution in [0.5, 0.6) is 11.5 Å². The maximum Gasteiger partial charge on any atom is 0.335 e. The zero-order chi connectivity index (χ0) is 19.6. The third-order valence-electron chi connectivity index (χ3n) is 4.57. The van der Waals surface area contributed by atoms with Gasteiger partial charge in [0.05, 0.1) is 0 Å². The van der Waals surface area contributed by atoms with Crippen molar-refractivity contribution in [2.75, 3.05) is 0 Å². The number of ether oxygens (including phenoxy) is 1. The molecule has 0 saturated heterocycles. The largest absolute Gasteiger partial charge is 0.507 e. The number of carbonyl (C=O) groups is 1. The second-order valence-electron chi connectivity index (χ2n) is 7.89. The van der Waals surface area contributed by atoms with E-state index in [0.717, 1.165) is 33.9 Å². The lowest BCUT2D eigenvalue weighted by Crippen LogP contribution is -2.14. The molecule has 0 aliphatic carbocycles. The van der Waals surface area contributed by atoms with Crippen molar-refractivity contribution in [3.63, 3.8) is 0 Å². The van der Waals surface area contributed by atoms with E-state index in [1.165, 1.54) is 0 Å². The van der Waals surface area contributed by atoms with Crippen LogP contribution in [-0.2, 0) is 10.2 Å². The van der Waals surface area contributed by atoms with Gasteiger partial charge in [0.15, 0.2) is 0 Å². The second kappa shape index (κ2) is 7.36. The summed E-state index contributed by atoms with van der Waals surface area (Å²) < 4.78 is 5.42. The molecule has 1 N–H and O–H groups in total. The van der Waals surface area contributed by atoms with Crippen molar-refractivity contribution in [1.29, 1.82) is 0 Å². The Bertz CT molecular complexity index is 841. The Morgan fingerprint density at radius 2 is 1.73 bits per heavy atom. The highest BCUT2D eigenvalue weighted by molar-refractivity contribution is 5.83. The van der Waals surface area contributed by atoms with Crippen molar-refractivity contribution >= 4 is 5.97 Å². The predicted molar refractivity (Wildman–Crippen MR) is 106 cm³/mol. The lowest BCUT2D eigenvalue weighted by molar-refractivity contribution is -0.129. The number of carbonyl (C=O) groups excluding carboxylic acids is 1. The number of esters is 1. The fourth-order valence-electron chi connectivity index (χ4n) is 3.13. The van der Waals surface area contributed by atoms with Gasteiger partial charge in [-0.3, -0.25) is 0 Å². The van der Waals surface area contributed by atoms with Gasteiger partial charge >= 0.3 is 5.97 Å². The van der Waals surface area contributed by atoms with E-state index in [0.29, 0.717) is 11.5 Å². The van der Waals surface area contributed by atoms with Crippen LogP contribution in [0.3, 0.4) is 0 Å². The van der Waals surface area contributed by atoms with Crippen molar-refractivity contribution in [3.05, 3.63) is 70.8 Å². The van der Waals surface area contributed by atoms with Crippen LogP contribution in [0.25, 0.3) is 0 Å². The molecule has 2 rings (SSSR count). The number of benzene rings is 2. The van der Waals surface area contributed by atoms with Crippen molar-refractivity contribution < 1.29 is 14.6 Å². The normalized spacial score (nSPS) is 12.5. The second-order valence-corrected chi connectivity index (χ2v) is 7.89. The molecule has 26 heavy (non-hydrogen) atoms. The van der Waals surface area contributed by atoms with Gasteiger partial charge in [0.1, 0.15) is 11.5 Å². The van der Waals surface area contributed by atoms with Gasteiger partial charge in [0.2, 0.25) is 0 Å². The standard InChI is InChI=1S/C23H28O3/c1-8-21(24)26-20-10-9-14(2)11-17(20)16(4)18-12-15(3)13-19(22(18)25)23(5,6)7/h8-13,16,25H,1H2,2-7H3. The predicted octanol–water partition coefficient (Wildman–Crippen LogP) is 5.55. The van der Waals surface area contributed by atoms with Crippen molar-refractivity contribution in [2.24, 2.45) is 0 Å². The third-order valence-corrected chi connectivity index (χ3v) is 4.57. The fourth-order valence-corrected chi connectivity index (χ4v) is 3.13. The molecule has 0 amide bonds. The smallest absolute Gasteiger partial charge is 0.335 e. The van der Waals surface area contributed by atoms with Crippen molar-refractivity contribution in [3.8, 4) is 11.5 Å². The quantitative estimate of drug-likeness (QED) is 0.446. The minimum absolute atomic E-state index is 0.136. The molecule has 0 aliphatic rings. The number of aromatic hydroxyl groups is 1. The van der Waals surface area contributed by atoms with E-state index in [9.17, 15) is 9.90 Å². The van der Waals surface area contributed by atoms with Gasteiger partial charge in [-0.25, -0.2) is 4.79 Å². The topological polar surface area (TPSA) is 46.5 Å². The Balaban J connectivity index is 2.61. The van der Waals surface area contributed by atoms with Crippen LogP contribution in [-0.4, -0.2) is 11.1 Å². The summed E-state index contributed by atoms with van der Waals surface area (Å²) in [6.07, 6.45) is 1.15. The highest BCUT2D eigenvalue weighted by Crippen LogP contribution is 2.41. The summed E-state index contributed by atoms with van der Waals surface area (Å²) >= 11 is 0. The molecule has 1 atom stereocenters. The van der Waals surface area contributed by atoms with E-state index in [2.05, 4.69) is 27.4 Å². The summed E-state index contributed by atoms with van der Waals surface area (Å²) in [6.45, 7) is 15.7. The van der Waals surface area contributed by atoms with Gasteiger partial charge in [-0.1, -0.05) is 69.7 Å². The van der Waals surface area contributed by atoms with E-state index in [-0.39, 0.29) is 11.3 Å². The van der Waals surface area contributed by atoms with E-state index in [1.54, 1.807) is 6.07 Å². The number of aryl methyl sites for hydroxylation is 2. The number of hydrogen-bond acceptors (Lipinski definition) is 3. The van der Waals surface area contributed by atoms with E-state index in [4.69, 9.17) is 4.74 Å². The summed E-state index contributed by atoms with van der Waals surface area (Å²) in [6, 6.07) is 9.71. The Morgan fingerprint density at radius 1 is 1.12 bits per heavy atom. The molecular weight excluding hydrogens is 324 g/mol. The lowest BCUT2D eigenvalue weighted by atomic mass is 9.81. The summed E-state index contributed by atoms with van der Waals surface area (Å²) in [7, 11) is 0. The van der Waals surface area contributed by atoms with Crippen LogP contribution in [0, 0.1) is 13.8 Å². The first-order valence-electron chi connectivity index (χ1n) is 8.83. The molecule has 0 aromatic heterocycles. The molecule has 0 heterocycles. The van der Waals surface area contributed by atoms with Gasteiger partial charge in [-0.05, 0) is 30.9 Å². The SMILES string of the molecule is C=CC(=O)Oc1ccc(C)cc1C(C)c1cc(C)cc(C(C)(C)C)c1O. The lowest BCUT2D eigenvalue weighted by Gasteiger charge is -2.25. The van der Waals surface area contributed by atoms with E-state index < -0.39 is 5.97 Å². The first kappa shape index (κ1) is 19.8. The molecule has 2 aromatic rings. The molecule has 138 valence electrons. The van der Waals surface area contributed by atoms with Gasteiger partial charge < -0.3 is 9.84 Å². The summed E-state index contributed by atoms with van der Waals surface area (Å²) in [5.41, 5.74) is 4.59. The van der Waals surface area contributed by atoms with Gasteiger partial charge in [-0.15, -0.1) is 0 Å². The molecule has 0 fully saturated rings.